The largest absolute Gasteiger partial charge is 0.339 e. The third-order valence-electron chi connectivity index (χ3n) is 6.24. The van der Waals surface area contributed by atoms with Crippen LogP contribution in [-0.4, -0.2) is 52.9 Å². The zero-order chi connectivity index (χ0) is 21.8. The van der Waals surface area contributed by atoms with Crippen molar-refractivity contribution in [3.05, 3.63) is 58.9 Å². The van der Waals surface area contributed by atoms with E-state index in [0.29, 0.717) is 35.8 Å². The number of amides is 3. The summed E-state index contributed by atoms with van der Waals surface area (Å²) in [5.41, 5.74) is 3.77. The van der Waals surface area contributed by atoms with E-state index < -0.39 is 0 Å². The number of pyridine rings is 1. The van der Waals surface area contributed by atoms with E-state index in [0.717, 1.165) is 50.0 Å². The van der Waals surface area contributed by atoms with Gasteiger partial charge in [-0.05, 0) is 62.4 Å². The summed E-state index contributed by atoms with van der Waals surface area (Å²) in [7, 11) is 0. The normalized spacial score (nSPS) is 16.8. The molecule has 2 fully saturated rings. The molecule has 0 saturated carbocycles. The number of carbonyl (C=O) groups excluding carboxylic acids is 2. The minimum absolute atomic E-state index is 0.0112. The molecule has 31 heavy (non-hydrogen) atoms. The van der Waals surface area contributed by atoms with Crippen LogP contribution < -0.4 is 5.32 Å². The van der Waals surface area contributed by atoms with Gasteiger partial charge in [0.25, 0.3) is 5.91 Å². The number of aromatic nitrogens is 1. The minimum atomic E-state index is -0.0964. The van der Waals surface area contributed by atoms with Crippen LogP contribution in [0.4, 0.5) is 10.5 Å². The molecule has 3 heterocycles. The third-order valence-corrected chi connectivity index (χ3v) is 6.24. The second-order valence-corrected chi connectivity index (χ2v) is 8.30. The van der Waals surface area contributed by atoms with Crippen molar-refractivity contribution < 1.29 is 9.59 Å². The highest BCUT2D eigenvalue weighted by atomic mass is 16.2. The van der Waals surface area contributed by atoms with Crippen molar-refractivity contribution in [3.8, 4) is 6.07 Å². The van der Waals surface area contributed by atoms with E-state index >= 15 is 0 Å². The molecular formula is C24H27N5O2. The van der Waals surface area contributed by atoms with Crippen LogP contribution in [0.3, 0.4) is 0 Å². The Hall–Kier alpha value is -3.40. The monoisotopic (exact) mass is 417 g/mol. The first-order chi connectivity index (χ1) is 15.0. The Morgan fingerprint density at radius 3 is 2.45 bits per heavy atom. The molecule has 0 spiro atoms. The Morgan fingerprint density at radius 1 is 1.06 bits per heavy atom. The first-order valence-corrected chi connectivity index (χ1v) is 10.9. The Balaban J connectivity index is 1.39. The van der Waals surface area contributed by atoms with E-state index in [1.54, 1.807) is 18.3 Å². The number of anilines is 1. The number of hydrogen-bond donors (Lipinski definition) is 1. The smallest absolute Gasteiger partial charge is 0.321 e. The van der Waals surface area contributed by atoms with Crippen LogP contribution in [-0.2, 0) is 0 Å². The average molecular weight is 418 g/mol. The van der Waals surface area contributed by atoms with E-state index in [-0.39, 0.29) is 11.9 Å². The standard InChI is InChI=1S/C24H27N5O2/c1-17-4-6-20(14-22(17)27-24(31)29-10-2-3-11-29)23(30)28-12-8-19(9-13-28)21-7-5-18(15-25)16-26-21/h4-7,14,16,19H,2-3,8-13H2,1H3,(H,27,31). The van der Waals surface area contributed by atoms with E-state index in [1.165, 1.54) is 0 Å². The van der Waals surface area contributed by atoms with Crippen LogP contribution >= 0.6 is 0 Å². The lowest BCUT2D eigenvalue weighted by atomic mass is 9.92. The SMILES string of the molecule is Cc1ccc(C(=O)N2CCC(c3ccc(C#N)cn3)CC2)cc1NC(=O)N1CCCC1. The average Bonchev–Trinajstić information content (AvgIpc) is 3.35. The van der Waals surface area contributed by atoms with E-state index in [1.807, 2.05) is 34.9 Å². The maximum absolute atomic E-state index is 13.1. The first-order valence-electron chi connectivity index (χ1n) is 10.9. The number of nitriles is 1. The Bertz CT molecular complexity index is 998. The number of urea groups is 1. The number of aryl methyl sites for hydroxylation is 1. The molecule has 0 radical (unpaired) electrons. The van der Waals surface area contributed by atoms with Gasteiger partial charge in [0.05, 0.1) is 5.56 Å². The fourth-order valence-electron chi connectivity index (χ4n) is 4.28. The number of hydrogen-bond acceptors (Lipinski definition) is 4. The van der Waals surface area contributed by atoms with Gasteiger partial charge in [0.1, 0.15) is 6.07 Å². The van der Waals surface area contributed by atoms with Gasteiger partial charge in [-0.3, -0.25) is 9.78 Å². The topological polar surface area (TPSA) is 89.3 Å². The molecule has 0 unspecified atom stereocenters. The molecule has 1 aromatic heterocycles. The molecule has 1 aromatic carbocycles. The molecule has 2 saturated heterocycles. The second-order valence-electron chi connectivity index (χ2n) is 8.30. The number of rotatable bonds is 3. The summed E-state index contributed by atoms with van der Waals surface area (Å²) in [5, 5.41) is 11.9. The number of benzene rings is 1. The van der Waals surface area contributed by atoms with Crippen molar-refractivity contribution in [3.63, 3.8) is 0 Å². The summed E-state index contributed by atoms with van der Waals surface area (Å²) >= 11 is 0. The number of nitrogens with one attached hydrogen (secondary N) is 1. The van der Waals surface area contributed by atoms with Gasteiger partial charge in [0.15, 0.2) is 0 Å². The molecule has 7 heteroatoms. The molecule has 160 valence electrons. The maximum atomic E-state index is 13.1. The molecule has 0 bridgehead atoms. The molecule has 3 amide bonds. The highest BCUT2D eigenvalue weighted by Crippen LogP contribution is 2.28. The van der Waals surface area contributed by atoms with Gasteiger partial charge in [-0.1, -0.05) is 6.07 Å². The van der Waals surface area contributed by atoms with E-state index in [2.05, 4.69) is 16.4 Å². The van der Waals surface area contributed by atoms with E-state index in [4.69, 9.17) is 5.26 Å². The van der Waals surface area contributed by atoms with Gasteiger partial charge in [-0.2, -0.15) is 5.26 Å². The van der Waals surface area contributed by atoms with Gasteiger partial charge in [-0.15, -0.1) is 0 Å². The number of piperidine rings is 1. The molecule has 1 N–H and O–H groups in total. The summed E-state index contributed by atoms with van der Waals surface area (Å²) in [6.45, 7) is 4.83. The Morgan fingerprint density at radius 2 is 1.81 bits per heavy atom. The second kappa shape index (κ2) is 9.17. The summed E-state index contributed by atoms with van der Waals surface area (Å²) in [6, 6.07) is 11.2. The predicted molar refractivity (Wildman–Crippen MR) is 118 cm³/mol. The van der Waals surface area contributed by atoms with Crippen LogP contribution in [0.2, 0.25) is 0 Å². The van der Waals surface area contributed by atoms with Crippen LogP contribution in [0.1, 0.15) is 58.8 Å². The molecule has 2 aliphatic rings. The quantitative estimate of drug-likeness (QED) is 0.820. The van der Waals surface area contributed by atoms with Gasteiger partial charge >= 0.3 is 6.03 Å². The summed E-state index contributed by atoms with van der Waals surface area (Å²) in [6.07, 6.45) is 5.37. The highest BCUT2D eigenvalue weighted by molar-refractivity contribution is 5.97. The van der Waals surface area contributed by atoms with Gasteiger partial charge in [0.2, 0.25) is 0 Å². The molecule has 4 rings (SSSR count). The van der Waals surface area contributed by atoms with Crippen LogP contribution in [0.5, 0.6) is 0 Å². The summed E-state index contributed by atoms with van der Waals surface area (Å²) in [5.74, 6) is 0.285. The Kier molecular flexibility index (Phi) is 6.17. The van der Waals surface area contributed by atoms with Crippen LogP contribution in [0.15, 0.2) is 36.5 Å². The first kappa shape index (κ1) is 20.9. The molecule has 0 aliphatic carbocycles. The zero-order valence-electron chi connectivity index (χ0n) is 17.8. The predicted octanol–water partition coefficient (Wildman–Crippen LogP) is 3.91. The fourth-order valence-corrected chi connectivity index (χ4v) is 4.28. The molecule has 2 aromatic rings. The lowest BCUT2D eigenvalue weighted by molar-refractivity contribution is 0.0712. The molecule has 0 atom stereocenters. The lowest BCUT2D eigenvalue weighted by Gasteiger charge is -2.32. The van der Waals surface area contributed by atoms with Crippen molar-refractivity contribution in [1.82, 2.24) is 14.8 Å². The Labute approximate surface area is 182 Å². The third kappa shape index (κ3) is 4.69. The van der Waals surface area contributed by atoms with Crippen LogP contribution in [0.25, 0.3) is 0 Å². The lowest BCUT2D eigenvalue weighted by Crippen LogP contribution is -2.38. The summed E-state index contributed by atoms with van der Waals surface area (Å²) in [4.78, 5) is 33.6. The minimum Gasteiger partial charge on any atom is -0.339 e. The van der Waals surface area contributed by atoms with E-state index in [9.17, 15) is 9.59 Å². The van der Waals surface area contributed by atoms with Crippen molar-refractivity contribution in [1.29, 1.82) is 5.26 Å². The van der Waals surface area contributed by atoms with Crippen molar-refractivity contribution in [2.24, 2.45) is 0 Å². The summed E-state index contributed by atoms with van der Waals surface area (Å²) < 4.78 is 0. The zero-order valence-corrected chi connectivity index (χ0v) is 17.8. The van der Waals surface area contributed by atoms with Gasteiger partial charge < -0.3 is 15.1 Å². The molecule has 7 nitrogen and oxygen atoms in total. The number of carbonyl (C=O) groups is 2. The van der Waals surface area contributed by atoms with Crippen molar-refractivity contribution >= 4 is 17.6 Å². The van der Waals surface area contributed by atoms with Gasteiger partial charge in [-0.25, -0.2) is 4.79 Å². The number of nitrogens with zero attached hydrogens (tertiary/aromatic N) is 4. The highest BCUT2D eigenvalue weighted by Gasteiger charge is 2.26. The van der Waals surface area contributed by atoms with Crippen LogP contribution in [0, 0.1) is 18.3 Å². The van der Waals surface area contributed by atoms with Crippen molar-refractivity contribution in [2.45, 2.75) is 38.5 Å². The number of likely N-dealkylation sites (tertiary alicyclic amines) is 2. The van der Waals surface area contributed by atoms with Crippen molar-refractivity contribution in [2.75, 3.05) is 31.5 Å². The molecular weight excluding hydrogens is 390 g/mol. The maximum Gasteiger partial charge on any atom is 0.321 e. The fraction of sp³-hybridized carbons (Fsp3) is 0.417. The van der Waals surface area contributed by atoms with Gasteiger partial charge in [0, 0.05) is 55.2 Å². The molecule has 2 aliphatic heterocycles.